The van der Waals surface area contributed by atoms with Gasteiger partial charge in [0.25, 0.3) is 0 Å². The zero-order valence-corrected chi connectivity index (χ0v) is 17.4. The van der Waals surface area contributed by atoms with Crippen molar-refractivity contribution >= 4 is 21.6 Å². The third kappa shape index (κ3) is 4.36. The Morgan fingerprint density at radius 3 is 2.21 bits per heavy atom. The van der Waals surface area contributed by atoms with Gasteiger partial charge in [-0.25, -0.2) is 8.42 Å². The molecule has 2 aromatic rings. The Balaban J connectivity index is 1.60. The minimum absolute atomic E-state index is 0.00887. The second kappa shape index (κ2) is 8.32. The normalized spacial score (nSPS) is 15.5. The van der Waals surface area contributed by atoms with Crippen LogP contribution < -0.4 is 4.90 Å². The van der Waals surface area contributed by atoms with Crippen LogP contribution in [0.2, 0.25) is 0 Å². The topological polar surface area (TPSA) is 60.9 Å². The maximum atomic E-state index is 12.9. The second-order valence-electron chi connectivity index (χ2n) is 7.22. The molecule has 0 aromatic heterocycles. The number of piperazine rings is 1. The fraction of sp³-hybridized carbons (Fsp3) is 0.381. The number of para-hydroxylation sites is 1. The van der Waals surface area contributed by atoms with Gasteiger partial charge in [-0.1, -0.05) is 24.3 Å². The van der Waals surface area contributed by atoms with Crippen LogP contribution >= 0.6 is 0 Å². The molecule has 1 aliphatic heterocycles. The van der Waals surface area contributed by atoms with Gasteiger partial charge in [0.2, 0.25) is 15.9 Å². The molecule has 0 radical (unpaired) electrons. The van der Waals surface area contributed by atoms with Gasteiger partial charge in [-0.3, -0.25) is 4.79 Å². The molecule has 2 aromatic carbocycles. The van der Waals surface area contributed by atoms with Crippen LogP contribution in [0.3, 0.4) is 0 Å². The highest BCUT2D eigenvalue weighted by molar-refractivity contribution is 7.89. The summed E-state index contributed by atoms with van der Waals surface area (Å²) in [6.45, 7) is 5.59. The van der Waals surface area contributed by atoms with Crippen molar-refractivity contribution in [3.05, 3.63) is 59.7 Å². The molecule has 0 spiro atoms. The highest BCUT2D eigenvalue weighted by Crippen LogP contribution is 2.20. The predicted octanol–water partition coefficient (Wildman–Crippen LogP) is 2.27. The second-order valence-corrected chi connectivity index (χ2v) is 9.16. The molecule has 28 heavy (non-hydrogen) atoms. The van der Waals surface area contributed by atoms with E-state index in [2.05, 4.69) is 0 Å². The van der Waals surface area contributed by atoms with Gasteiger partial charge in [-0.2, -0.15) is 4.31 Å². The van der Waals surface area contributed by atoms with Crippen molar-refractivity contribution in [2.24, 2.45) is 0 Å². The van der Waals surface area contributed by atoms with Crippen LogP contribution in [-0.4, -0.2) is 63.3 Å². The lowest BCUT2D eigenvalue weighted by atomic mass is 10.1. The van der Waals surface area contributed by atoms with E-state index in [0.29, 0.717) is 31.1 Å². The van der Waals surface area contributed by atoms with Gasteiger partial charge >= 0.3 is 0 Å². The fourth-order valence-corrected chi connectivity index (χ4v) is 4.79. The van der Waals surface area contributed by atoms with Crippen LogP contribution in [0.15, 0.2) is 53.4 Å². The SMILES string of the molecule is Cc1ccc(S(=O)(=O)N2CCN(C(=O)CN(C)c3ccccc3)CC2)cc1C. The molecule has 0 saturated carbocycles. The summed E-state index contributed by atoms with van der Waals surface area (Å²) >= 11 is 0. The Labute approximate surface area is 167 Å². The summed E-state index contributed by atoms with van der Waals surface area (Å²) in [6.07, 6.45) is 0. The molecule has 1 amide bonds. The van der Waals surface area contributed by atoms with Gasteiger partial charge in [-0.05, 0) is 49.2 Å². The monoisotopic (exact) mass is 401 g/mol. The van der Waals surface area contributed by atoms with Crippen molar-refractivity contribution < 1.29 is 13.2 Å². The highest BCUT2D eigenvalue weighted by Gasteiger charge is 2.30. The molecule has 1 aliphatic rings. The Kier molecular flexibility index (Phi) is 6.05. The summed E-state index contributed by atoms with van der Waals surface area (Å²) in [7, 11) is -1.65. The van der Waals surface area contributed by atoms with Crippen molar-refractivity contribution in [3.63, 3.8) is 0 Å². The Bertz CT molecular complexity index is 937. The maximum Gasteiger partial charge on any atom is 0.243 e. The van der Waals surface area contributed by atoms with Crippen LogP contribution in [-0.2, 0) is 14.8 Å². The summed E-state index contributed by atoms with van der Waals surface area (Å²) in [4.78, 5) is 16.6. The van der Waals surface area contributed by atoms with E-state index >= 15 is 0 Å². The van der Waals surface area contributed by atoms with Crippen LogP contribution in [0.4, 0.5) is 5.69 Å². The summed E-state index contributed by atoms with van der Waals surface area (Å²) in [5.41, 5.74) is 3.00. The first-order valence-corrected chi connectivity index (χ1v) is 10.8. The average Bonchev–Trinajstić information content (AvgIpc) is 2.70. The highest BCUT2D eigenvalue weighted by atomic mass is 32.2. The Morgan fingerprint density at radius 2 is 1.61 bits per heavy atom. The zero-order chi connectivity index (χ0) is 20.3. The number of aryl methyl sites for hydroxylation is 2. The molecule has 0 unspecified atom stereocenters. The summed E-state index contributed by atoms with van der Waals surface area (Å²) in [6, 6.07) is 14.9. The molecule has 1 heterocycles. The number of amides is 1. The van der Waals surface area contributed by atoms with E-state index in [9.17, 15) is 13.2 Å². The van der Waals surface area contributed by atoms with E-state index in [1.54, 1.807) is 17.0 Å². The van der Waals surface area contributed by atoms with Crippen molar-refractivity contribution in [3.8, 4) is 0 Å². The predicted molar refractivity (Wildman–Crippen MR) is 111 cm³/mol. The molecule has 3 rings (SSSR count). The van der Waals surface area contributed by atoms with Crippen molar-refractivity contribution in [2.75, 3.05) is 44.7 Å². The molecule has 0 bridgehead atoms. The first-order valence-electron chi connectivity index (χ1n) is 9.40. The summed E-state index contributed by atoms with van der Waals surface area (Å²) in [5.74, 6) is 0.00887. The number of nitrogens with zero attached hydrogens (tertiary/aromatic N) is 3. The van der Waals surface area contributed by atoms with Crippen LogP contribution in [0, 0.1) is 13.8 Å². The van der Waals surface area contributed by atoms with Crippen LogP contribution in [0.1, 0.15) is 11.1 Å². The number of hydrogen-bond acceptors (Lipinski definition) is 4. The number of hydrogen-bond donors (Lipinski definition) is 0. The van der Waals surface area contributed by atoms with E-state index < -0.39 is 10.0 Å². The average molecular weight is 402 g/mol. The van der Waals surface area contributed by atoms with Crippen molar-refractivity contribution in [1.82, 2.24) is 9.21 Å². The van der Waals surface area contributed by atoms with Gasteiger partial charge in [-0.15, -0.1) is 0 Å². The number of rotatable bonds is 5. The minimum atomic E-state index is -3.53. The van der Waals surface area contributed by atoms with E-state index in [1.807, 2.05) is 62.2 Å². The number of likely N-dealkylation sites (N-methyl/N-ethyl adjacent to an activating group) is 1. The van der Waals surface area contributed by atoms with Gasteiger partial charge < -0.3 is 9.80 Å². The molecular weight excluding hydrogens is 374 g/mol. The minimum Gasteiger partial charge on any atom is -0.365 e. The molecule has 150 valence electrons. The summed E-state index contributed by atoms with van der Waals surface area (Å²) < 4.78 is 27.3. The van der Waals surface area contributed by atoms with Crippen molar-refractivity contribution in [1.29, 1.82) is 0 Å². The van der Waals surface area contributed by atoms with E-state index in [-0.39, 0.29) is 12.5 Å². The lowest BCUT2D eigenvalue weighted by molar-refractivity contribution is -0.130. The van der Waals surface area contributed by atoms with E-state index in [1.165, 1.54) is 4.31 Å². The fourth-order valence-electron chi connectivity index (χ4n) is 3.28. The maximum absolute atomic E-state index is 12.9. The first-order chi connectivity index (χ1) is 13.3. The first kappa shape index (κ1) is 20.4. The number of carbonyl (C=O) groups excluding carboxylic acids is 1. The van der Waals surface area contributed by atoms with E-state index in [0.717, 1.165) is 16.8 Å². The number of carbonyl (C=O) groups is 1. The molecule has 6 nitrogen and oxygen atoms in total. The molecule has 1 fully saturated rings. The molecule has 7 heteroatoms. The lowest BCUT2D eigenvalue weighted by Gasteiger charge is -2.35. The zero-order valence-electron chi connectivity index (χ0n) is 16.6. The number of benzene rings is 2. The van der Waals surface area contributed by atoms with E-state index in [4.69, 9.17) is 0 Å². The van der Waals surface area contributed by atoms with Crippen LogP contribution in [0.25, 0.3) is 0 Å². The quantitative estimate of drug-likeness (QED) is 0.771. The molecular formula is C21H27N3O3S. The van der Waals surface area contributed by atoms with Crippen molar-refractivity contribution in [2.45, 2.75) is 18.7 Å². The standard InChI is InChI=1S/C21H27N3O3S/c1-17-9-10-20(15-18(17)2)28(26,27)24-13-11-23(12-14-24)21(25)16-22(3)19-7-5-4-6-8-19/h4-10,15H,11-14,16H2,1-3H3. The smallest absolute Gasteiger partial charge is 0.243 e. The molecule has 1 saturated heterocycles. The number of sulfonamides is 1. The molecule has 0 N–H and O–H groups in total. The van der Waals surface area contributed by atoms with Crippen LogP contribution in [0.5, 0.6) is 0 Å². The third-order valence-electron chi connectivity index (χ3n) is 5.28. The van der Waals surface area contributed by atoms with Gasteiger partial charge in [0, 0.05) is 38.9 Å². The third-order valence-corrected chi connectivity index (χ3v) is 7.17. The Hall–Kier alpha value is -2.38. The van der Waals surface area contributed by atoms with Gasteiger partial charge in [0.15, 0.2) is 0 Å². The summed E-state index contributed by atoms with van der Waals surface area (Å²) in [5, 5.41) is 0. The number of anilines is 1. The molecule has 0 atom stereocenters. The Morgan fingerprint density at radius 1 is 0.964 bits per heavy atom. The van der Waals surface area contributed by atoms with Gasteiger partial charge in [0.05, 0.1) is 11.4 Å². The lowest BCUT2D eigenvalue weighted by Crippen LogP contribution is -2.52. The van der Waals surface area contributed by atoms with Gasteiger partial charge in [0.1, 0.15) is 0 Å². The largest absolute Gasteiger partial charge is 0.365 e. The molecule has 0 aliphatic carbocycles.